The van der Waals surface area contributed by atoms with Gasteiger partial charge in [0.15, 0.2) is 0 Å². The highest BCUT2D eigenvalue weighted by Crippen LogP contribution is 2.32. The minimum Gasteiger partial charge on any atom is -0.394 e. The van der Waals surface area contributed by atoms with E-state index in [4.69, 9.17) is 5.73 Å². The number of aliphatic hydroxyl groups is 1. The van der Waals surface area contributed by atoms with Crippen LogP contribution in [0.1, 0.15) is 17.2 Å². The van der Waals surface area contributed by atoms with Gasteiger partial charge in [0, 0.05) is 11.8 Å². The summed E-state index contributed by atoms with van der Waals surface area (Å²) in [5, 5.41) is 19.4. The highest BCUT2D eigenvalue weighted by Gasteiger charge is 2.20. The smallest absolute Gasteiger partial charge is 0.122 e. The first-order valence-corrected chi connectivity index (χ1v) is 7.85. The molecule has 0 spiro atoms. The van der Waals surface area contributed by atoms with Gasteiger partial charge in [0.1, 0.15) is 17.5 Å². The van der Waals surface area contributed by atoms with Crippen molar-refractivity contribution in [2.45, 2.75) is 12.5 Å². The van der Waals surface area contributed by atoms with Gasteiger partial charge in [-0.1, -0.05) is 60.7 Å². The molecular formula is C20H19N3O. The second kappa shape index (κ2) is 7.03. The maximum Gasteiger partial charge on any atom is 0.122 e. The van der Waals surface area contributed by atoms with E-state index in [0.29, 0.717) is 17.8 Å². The number of nitriles is 1. The van der Waals surface area contributed by atoms with Crippen LogP contribution in [0.15, 0.2) is 66.9 Å². The zero-order valence-electron chi connectivity index (χ0n) is 13.3. The Balaban J connectivity index is 2.01. The summed E-state index contributed by atoms with van der Waals surface area (Å²) in [6.45, 7) is -0.0487. The normalized spacial score (nSPS) is 11.8. The maximum absolute atomic E-state index is 9.85. The SMILES string of the molecule is N#Cc1c(-c2ccccc2)cn(C(CO)Cc2ccccc2)c1N. The van der Waals surface area contributed by atoms with Gasteiger partial charge in [0.05, 0.1) is 12.6 Å². The molecule has 3 aromatic rings. The number of anilines is 1. The second-order valence-electron chi connectivity index (χ2n) is 5.71. The van der Waals surface area contributed by atoms with Crippen LogP contribution in [0.4, 0.5) is 5.82 Å². The fourth-order valence-corrected chi connectivity index (χ4v) is 2.93. The predicted molar refractivity (Wildman–Crippen MR) is 95.3 cm³/mol. The number of nitrogens with zero attached hydrogens (tertiary/aromatic N) is 2. The monoisotopic (exact) mass is 317 g/mol. The van der Waals surface area contributed by atoms with E-state index >= 15 is 0 Å². The lowest BCUT2D eigenvalue weighted by Crippen LogP contribution is -2.17. The molecule has 1 heterocycles. The first kappa shape index (κ1) is 15.9. The average molecular weight is 317 g/mol. The molecule has 2 aromatic carbocycles. The number of aromatic nitrogens is 1. The molecule has 0 bridgehead atoms. The van der Waals surface area contributed by atoms with Crippen molar-refractivity contribution >= 4 is 5.82 Å². The molecule has 4 nitrogen and oxygen atoms in total. The molecule has 3 rings (SSSR count). The first-order valence-electron chi connectivity index (χ1n) is 7.85. The summed E-state index contributed by atoms with van der Waals surface area (Å²) in [6.07, 6.45) is 2.52. The van der Waals surface area contributed by atoms with Gasteiger partial charge in [-0.2, -0.15) is 5.26 Å². The van der Waals surface area contributed by atoms with Crippen molar-refractivity contribution in [3.8, 4) is 17.2 Å². The lowest BCUT2D eigenvalue weighted by atomic mass is 10.1. The standard InChI is InChI=1S/C20H19N3O/c21-12-18-19(16-9-5-2-6-10-16)13-23(20(18)22)17(14-24)11-15-7-3-1-4-8-15/h1-10,13,17,24H,11,14,22H2. The van der Waals surface area contributed by atoms with Crippen LogP contribution in [0.2, 0.25) is 0 Å². The van der Waals surface area contributed by atoms with E-state index < -0.39 is 0 Å². The van der Waals surface area contributed by atoms with Crippen LogP contribution in [0.3, 0.4) is 0 Å². The van der Waals surface area contributed by atoms with Crippen molar-refractivity contribution in [2.75, 3.05) is 12.3 Å². The molecule has 120 valence electrons. The highest BCUT2D eigenvalue weighted by molar-refractivity contribution is 5.76. The largest absolute Gasteiger partial charge is 0.394 e. The molecule has 0 aliphatic rings. The van der Waals surface area contributed by atoms with Crippen LogP contribution in [-0.2, 0) is 6.42 Å². The van der Waals surface area contributed by atoms with Crippen LogP contribution >= 0.6 is 0 Å². The number of hydrogen-bond acceptors (Lipinski definition) is 3. The Labute approximate surface area is 141 Å². The Morgan fingerprint density at radius 2 is 1.67 bits per heavy atom. The number of rotatable bonds is 5. The number of hydrogen-bond donors (Lipinski definition) is 2. The molecule has 0 radical (unpaired) electrons. The van der Waals surface area contributed by atoms with Gasteiger partial charge in [-0.05, 0) is 17.5 Å². The van der Waals surface area contributed by atoms with E-state index in [-0.39, 0.29) is 12.6 Å². The van der Waals surface area contributed by atoms with Gasteiger partial charge in [0.25, 0.3) is 0 Å². The zero-order valence-corrected chi connectivity index (χ0v) is 13.3. The van der Waals surface area contributed by atoms with E-state index in [1.165, 1.54) is 0 Å². The Morgan fingerprint density at radius 1 is 1.04 bits per heavy atom. The van der Waals surface area contributed by atoms with Crippen molar-refractivity contribution in [1.29, 1.82) is 5.26 Å². The summed E-state index contributed by atoms with van der Waals surface area (Å²) >= 11 is 0. The number of aliphatic hydroxyl groups excluding tert-OH is 1. The molecule has 4 heteroatoms. The summed E-state index contributed by atoms with van der Waals surface area (Å²) < 4.78 is 1.81. The molecule has 1 unspecified atom stereocenters. The minimum atomic E-state index is -0.211. The second-order valence-corrected chi connectivity index (χ2v) is 5.71. The molecule has 1 aromatic heterocycles. The third-order valence-corrected chi connectivity index (χ3v) is 4.19. The average Bonchev–Trinajstić information content (AvgIpc) is 2.97. The summed E-state index contributed by atoms with van der Waals surface area (Å²) in [5.74, 6) is 0.395. The molecule has 0 aliphatic carbocycles. The third kappa shape index (κ3) is 3.03. The Morgan fingerprint density at radius 3 is 2.25 bits per heavy atom. The summed E-state index contributed by atoms with van der Waals surface area (Å²) in [4.78, 5) is 0. The number of benzene rings is 2. The molecule has 0 saturated carbocycles. The van der Waals surface area contributed by atoms with Gasteiger partial charge in [-0.3, -0.25) is 0 Å². The van der Waals surface area contributed by atoms with Crippen LogP contribution < -0.4 is 5.73 Å². The minimum absolute atomic E-state index is 0.0487. The first-order chi connectivity index (χ1) is 11.7. The van der Waals surface area contributed by atoms with Crippen molar-refractivity contribution < 1.29 is 5.11 Å². The van der Waals surface area contributed by atoms with E-state index in [1.807, 2.05) is 71.4 Å². The van der Waals surface area contributed by atoms with Crippen LogP contribution in [0.25, 0.3) is 11.1 Å². The Kier molecular flexibility index (Phi) is 4.64. The van der Waals surface area contributed by atoms with Gasteiger partial charge in [0.2, 0.25) is 0 Å². The maximum atomic E-state index is 9.85. The van der Waals surface area contributed by atoms with Crippen molar-refractivity contribution in [1.82, 2.24) is 4.57 Å². The highest BCUT2D eigenvalue weighted by atomic mass is 16.3. The van der Waals surface area contributed by atoms with Crippen LogP contribution in [0.5, 0.6) is 0 Å². The Bertz CT molecular complexity index is 848. The summed E-state index contributed by atoms with van der Waals surface area (Å²) in [7, 11) is 0. The molecule has 0 fully saturated rings. The summed E-state index contributed by atoms with van der Waals surface area (Å²) in [5.41, 5.74) is 9.51. The van der Waals surface area contributed by atoms with Crippen molar-refractivity contribution in [3.63, 3.8) is 0 Å². The van der Waals surface area contributed by atoms with Gasteiger partial charge >= 0.3 is 0 Å². The topological polar surface area (TPSA) is 75.0 Å². The number of nitrogen functional groups attached to an aromatic ring is 1. The fourth-order valence-electron chi connectivity index (χ4n) is 2.93. The van der Waals surface area contributed by atoms with E-state index in [9.17, 15) is 10.4 Å². The van der Waals surface area contributed by atoms with Crippen LogP contribution in [0, 0.1) is 11.3 Å². The van der Waals surface area contributed by atoms with Gasteiger partial charge in [-0.15, -0.1) is 0 Å². The molecular weight excluding hydrogens is 298 g/mol. The lowest BCUT2D eigenvalue weighted by molar-refractivity contribution is 0.229. The molecule has 1 atom stereocenters. The predicted octanol–water partition coefficient (Wildman–Crippen LogP) is 3.39. The fraction of sp³-hybridized carbons (Fsp3) is 0.150. The molecule has 3 N–H and O–H groups in total. The molecule has 0 saturated heterocycles. The van der Waals surface area contributed by atoms with Gasteiger partial charge < -0.3 is 15.4 Å². The van der Waals surface area contributed by atoms with Crippen molar-refractivity contribution in [2.24, 2.45) is 0 Å². The van der Waals surface area contributed by atoms with E-state index in [1.54, 1.807) is 0 Å². The number of nitrogens with two attached hydrogens (primary N) is 1. The third-order valence-electron chi connectivity index (χ3n) is 4.19. The molecule has 24 heavy (non-hydrogen) atoms. The molecule has 0 amide bonds. The van der Waals surface area contributed by atoms with Gasteiger partial charge in [-0.25, -0.2) is 0 Å². The van der Waals surface area contributed by atoms with Crippen LogP contribution in [-0.4, -0.2) is 16.3 Å². The molecule has 0 aliphatic heterocycles. The quantitative estimate of drug-likeness (QED) is 0.757. The lowest BCUT2D eigenvalue weighted by Gasteiger charge is -2.18. The van der Waals surface area contributed by atoms with E-state index in [2.05, 4.69) is 6.07 Å². The van der Waals surface area contributed by atoms with E-state index in [0.717, 1.165) is 16.7 Å². The van der Waals surface area contributed by atoms with Crippen molar-refractivity contribution in [3.05, 3.63) is 78.0 Å². The zero-order chi connectivity index (χ0) is 16.9. The summed E-state index contributed by atoms with van der Waals surface area (Å²) in [6, 6.07) is 21.6. The Hall–Kier alpha value is -3.03.